The van der Waals surface area contributed by atoms with E-state index >= 15 is 0 Å². The molecule has 2 aromatic rings. The van der Waals surface area contributed by atoms with Gasteiger partial charge in [-0.25, -0.2) is 0 Å². The number of hydrogen-bond donors (Lipinski definition) is 0. The van der Waals surface area contributed by atoms with Crippen molar-refractivity contribution >= 4 is 23.2 Å². The van der Waals surface area contributed by atoms with E-state index < -0.39 is 0 Å². The molecule has 0 heterocycles. The Morgan fingerprint density at radius 3 is 2.27 bits per heavy atom. The standard InChI is InChI=1S/C13H10Cl2/c1-9-12(7-11(14)8-13(9)15)10-5-3-2-4-6-10/h2-8H,1H3. The summed E-state index contributed by atoms with van der Waals surface area (Å²) in [6.07, 6.45) is 0. The van der Waals surface area contributed by atoms with Crippen LogP contribution >= 0.6 is 23.2 Å². The zero-order chi connectivity index (χ0) is 10.8. The molecule has 0 amide bonds. The van der Waals surface area contributed by atoms with Crippen LogP contribution in [0.1, 0.15) is 5.56 Å². The Morgan fingerprint density at radius 2 is 1.60 bits per heavy atom. The molecule has 2 aromatic carbocycles. The molecular formula is C13H10Cl2. The molecule has 0 aliphatic rings. The van der Waals surface area contributed by atoms with Gasteiger partial charge in [-0.2, -0.15) is 0 Å². The third-order valence-corrected chi connectivity index (χ3v) is 3.00. The zero-order valence-electron chi connectivity index (χ0n) is 8.30. The summed E-state index contributed by atoms with van der Waals surface area (Å²) in [6.45, 7) is 2.00. The van der Waals surface area contributed by atoms with Gasteiger partial charge in [0.2, 0.25) is 0 Å². The minimum atomic E-state index is 0.671. The Balaban J connectivity index is 2.63. The first-order valence-electron chi connectivity index (χ1n) is 4.69. The summed E-state index contributed by atoms with van der Waals surface area (Å²) in [6, 6.07) is 13.8. The Labute approximate surface area is 99.5 Å². The van der Waals surface area contributed by atoms with E-state index in [1.807, 2.05) is 31.2 Å². The third-order valence-electron chi connectivity index (χ3n) is 2.39. The van der Waals surface area contributed by atoms with Crippen LogP contribution in [0.5, 0.6) is 0 Å². The topological polar surface area (TPSA) is 0 Å². The fourth-order valence-electron chi connectivity index (χ4n) is 1.56. The fourth-order valence-corrected chi connectivity index (χ4v) is 2.06. The molecular weight excluding hydrogens is 227 g/mol. The Hall–Kier alpha value is -0.980. The predicted molar refractivity (Wildman–Crippen MR) is 66.6 cm³/mol. The van der Waals surface area contributed by atoms with Gasteiger partial charge in [0.25, 0.3) is 0 Å². The highest BCUT2D eigenvalue weighted by Crippen LogP contribution is 2.31. The highest BCUT2D eigenvalue weighted by molar-refractivity contribution is 6.35. The number of halogens is 2. The minimum absolute atomic E-state index is 0.671. The zero-order valence-corrected chi connectivity index (χ0v) is 9.81. The average Bonchev–Trinajstić information content (AvgIpc) is 2.24. The maximum absolute atomic E-state index is 6.08. The van der Waals surface area contributed by atoms with Crippen molar-refractivity contribution in [3.8, 4) is 11.1 Å². The van der Waals surface area contributed by atoms with Crippen molar-refractivity contribution in [1.82, 2.24) is 0 Å². The lowest BCUT2D eigenvalue weighted by Crippen LogP contribution is -1.84. The average molecular weight is 237 g/mol. The molecule has 0 saturated carbocycles. The van der Waals surface area contributed by atoms with Crippen LogP contribution in [0.3, 0.4) is 0 Å². The lowest BCUT2D eigenvalue weighted by molar-refractivity contribution is 1.46. The van der Waals surface area contributed by atoms with E-state index in [0.29, 0.717) is 10.0 Å². The second-order valence-corrected chi connectivity index (χ2v) is 4.27. The summed E-state index contributed by atoms with van der Waals surface area (Å²) >= 11 is 12.1. The molecule has 0 aliphatic carbocycles. The van der Waals surface area contributed by atoms with Crippen LogP contribution in [0.25, 0.3) is 11.1 Å². The Kier molecular flexibility index (Phi) is 2.99. The molecule has 2 rings (SSSR count). The van der Waals surface area contributed by atoms with Crippen LogP contribution in [0, 0.1) is 6.92 Å². The summed E-state index contributed by atoms with van der Waals surface area (Å²) in [7, 11) is 0. The van der Waals surface area contributed by atoms with Crippen LogP contribution in [-0.2, 0) is 0 Å². The van der Waals surface area contributed by atoms with E-state index in [-0.39, 0.29) is 0 Å². The summed E-state index contributed by atoms with van der Waals surface area (Å²) in [5.74, 6) is 0. The smallest absolute Gasteiger partial charge is 0.0456 e. The van der Waals surface area contributed by atoms with Gasteiger partial charge < -0.3 is 0 Å². The Morgan fingerprint density at radius 1 is 0.933 bits per heavy atom. The maximum atomic E-state index is 6.08. The second kappa shape index (κ2) is 4.26. The number of rotatable bonds is 1. The van der Waals surface area contributed by atoms with Crippen LogP contribution in [0.4, 0.5) is 0 Å². The van der Waals surface area contributed by atoms with E-state index in [9.17, 15) is 0 Å². The first-order chi connectivity index (χ1) is 7.18. The maximum Gasteiger partial charge on any atom is 0.0456 e. The molecule has 0 spiro atoms. The molecule has 2 heteroatoms. The molecule has 0 aliphatic heterocycles. The van der Waals surface area contributed by atoms with Crippen molar-refractivity contribution < 1.29 is 0 Å². The molecule has 0 aromatic heterocycles. The molecule has 15 heavy (non-hydrogen) atoms. The summed E-state index contributed by atoms with van der Waals surface area (Å²) < 4.78 is 0. The quantitative estimate of drug-likeness (QED) is 0.656. The van der Waals surface area contributed by atoms with E-state index in [1.165, 1.54) is 0 Å². The number of hydrogen-bond acceptors (Lipinski definition) is 0. The molecule has 76 valence electrons. The molecule has 0 N–H and O–H groups in total. The number of benzene rings is 2. The van der Waals surface area contributed by atoms with Crippen LogP contribution in [-0.4, -0.2) is 0 Å². The van der Waals surface area contributed by atoms with Gasteiger partial charge in [-0.1, -0.05) is 53.5 Å². The van der Waals surface area contributed by atoms with Crippen molar-refractivity contribution in [3.63, 3.8) is 0 Å². The first kappa shape index (κ1) is 10.5. The molecule has 0 unspecified atom stereocenters. The molecule has 0 nitrogen and oxygen atoms in total. The molecule has 0 radical (unpaired) electrons. The van der Waals surface area contributed by atoms with Crippen LogP contribution in [0.15, 0.2) is 42.5 Å². The van der Waals surface area contributed by atoms with E-state index in [0.717, 1.165) is 16.7 Å². The summed E-state index contributed by atoms with van der Waals surface area (Å²) in [4.78, 5) is 0. The molecule has 0 fully saturated rings. The van der Waals surface area contributed by atoms with Crippen molar-refractivity contribution in [2.45, 2.75) is 6.92 Å². The lowest BCUT2D eigenvalue weighted by Gasteiger charge is -2.08. The van der Waals surface area contributed by atoms with Crippen LogP contribution in [0.2, 0.25) is 10.0 Å². The van der Waals surface area contributed by atoms with Crippen LogP contribution < -0.4 is 0 Å². The van der Waals surface area contributed by atoms with Gasteiger partial charge >= 0.3 is 0 Å². The van der Waals surface area contributed by atoms with E-state index in [4.69, 9.17) is 23.2 Å². The summed E-state index contributed by atoms with van der Waals surface area (Å²) in [5, 5.41) is 1.38. The van der Waals surface area contributed by atoms with E-state index in [2.05, 4.69) is 12.1 Å². The fraction of sp³-hybridized carbons (Fsp3) is 0.0769. The highest BCUT2D eigenvalue weighted by Gasteiger charge is 2.06. The van der Waals surface area contributed by atoms with Crippen molar-refractivity contribution in [3.05, 3.63) is 58.1 Å². The monoisotopic (exact) mass is 236 g/mol. The largest absolute Gasteiger partial charge is 0.0843 e. The van der Waals surface area contributed by atoms with Crippen molar-refractivity contribution in [2.75, 3.05) is 0 Å². The Bertz CT molecular complexity index is 475. The highest BCUT2D eigenvalue weighted by atomic mass is 35.5. The van der Waals surface area contributed by atoms with Gasteiger partial charge in [0.1, 0.15) is 0 Å². The second-order valence-electron chi connectivity index (χ2n) is 3.43. The minimum Gasteiger partial charge on any atom is -0.0843 e. The lowest BCUT2D eigenvalue weighted by atomic mass is 10.0. The first-order valence-corrected chi connectivity index (χ1v) is 5.45. The molecule has 0 saturated heterocycles. The van der Waals surface area contributed by atoms with Gasteiger partial charge in [-0.05, 0) is 35.7 Å². The van der Waals surface area contributed by atoms with Gasteiger partial charge in [0.05, 0.1) is 0 Å². The molecule has 0 bridgehead atoms. The third kappa shape index (κ3) is 2.17. The van der Waals surface area contributed by atoms with E-state index in [1.54, 1.807) is 6.07 Å². The van der Waals surface area contributed by atoms with Crippen molar-refractivity contribution in [1.29, 1.82) is 0 Å². The normalized spacial score (nSPS) is 10.3. The van der Waals surface area contributed by atoms with Gasteiger partial charge in [-0.3, -0.25) is 0 Å². The summed E-state index contributed by atoms with van der Waals surface area (Å²) in [5.41, 5.74) is 3.29. The van der Waals surface area contributed by atoms with Crippen molar-refractivity contribution in [2.24, 2.45) is 0 Å². The van der Waals surface area contributed by atoms with Gasteiger partial charge in [-0.15, -0.1) is 0 Å². The SMILES string of the molecule is Cc1c(Cl)cc(Cl)cc1-c1ccccc1. The van der Waals surface area contributed by atoms with Gasteiger partial charge in [0.15, 0.2) is 0 Å². The molecule has 0 atom stereocenters. The van der Waals surface area contributed by atoms with Gasteiger partial charge in [0, 0.05) is 10.0 Å². The predicted octanol–water partition coefficient (Wildman–Crippen LogP) is 4.97.